The van der Waals surface area contributed by atoms with Crippen LogP contribution in [-0.2, 0) is 23.0 Å². The number of carbonyl (C=O) groups excluding carboxylic acids is 1. The second-order valence-corrected chi connectivity index (χ2v) is 5.26. The molecule has 5 nitrogen and oxygen atoms in total. The summed E-state index contributed by atoms with van der Waals surface area (Å²) in [7, 11) is 1.88. The Morgan fingerprint density at radius 2 is 2.26 bits per heavy atom. The summed E-state index contributed by atoms with van der Waals surface area (Å²) < 4.78 is 6.98. The maximum atomic E-state index is 12.2. The molecule has 0 spiro atoms. The summed E-state index contributed by atoms with van der Waals surface area (Å²) in [5.74, 6) is -0.0374. The van der Waals surface area contributed by atoms with Crippen molar-refractivity contribution >= 4 is 5.97 Å². The molecule has 0 saturated carbocycles. The van der Waals surface area contributed by atoms with Gasteiger partial charge in [0.05, 0.1) is 18.2 Å². The predicted octanol–water partition coefficient (Wildman–Crippen LogP) is 1.52. The first-order valence-corrected chi connectivity index (χ1v) is 6.81. The van der Waals surface area contributed by atoms with Crippen LogP contribution in [-0.4, -0.2) is 28.9 Å². The Morgan fingerprint density at radius 3 is 2.68 bits per heavy atom. The highest BCUT2D eigenvalue weighted by molar-refractivity contribution is 5.77. The minimum Gasteiger partial charge on any atom is -0.466 e. The molecular weight excluding hydrogens is 242 g/mol. The summed E-state index contributed by atoms with van der Waals surface area (Å²) in [6.07, 6.45) is 5.26. The van der Waals surface area contributed by atoms with E-state index in [4.69, 9.17) is 10.5 Å². The molecule has 0 bridgehead atoms. The third-order valence-electron chi connectivity index (χ3n) is 3.77. The minimum atomic E-state index is -0.605. The van der Waals surface area contributed by atoms with Gasteiger partial charge < -0.3 is 10.5 Å². The molecule has 0 aliphatic rings. The lowest BCUT2D eigenvalue weighted by Crippen LogP contribution is -2.44. The predicted molar refractivity (Wildman–Crippen MR) is 74.5 cm³/mol. The molecule has 19 heavy (non-hydrogen) atoms. The molecule has 2 N–H and O–H groups in total. The zero-order valence-electron chi connectivity index (χ0n) is 12.3. The first-order valence-electron chi connectivity index (χ1n) is 6.81. The number of nitrogens with zero attached hydrogens (tertiary/aromatic N) is 2. The Hall–Kier alpha value is -1.36. The van der Waals surface area contributed by atoms with Gasteiger partial charge in [0.25, 0.3) is 0 Å². The van der Waals surface area contributed by atoms with Crippen molar-refractivity contribution in [3.63, 3.8) is 0 Å². The number of rotatable bonds is 7. The van der Waals surface area contributed by atoms with Crippen molar-refractivity contribution in [1.29, 1.82) is 0 Å². The summed E-state index contributed by atoms with van der Waals surface area (Å²) >= 11 is 0. The molecule has 0 radical (unpaired) electrons. The Balaban J connectivity index is 2.82. The fourth-order valence-corrected chi connectivity index (χ4v) is 2.29. The van der Waals surface area contributed by atoms with Gasteiger partial charge in [-0.2, -0.15) is 5.10 Å². The zero-order valence-corrected chi connectivity index (χ0v) is 12.3. The summed E-state index contributed by atoms with van der Waals surface area (Å²) in [5.41, 5.74) is 6.40. The van der Waals surface area contributed by atoms with Crippen LogP contribution in [0.1, 0.15) is 32.8 Å². The van der Waals surface area contributed by atoms with Crippen LogP contribution in [0.3, 0.4) is 0 Å². The molecule has 0 saturated heterocycles. The molecule has 1 aromatic rings. The Bertz CT molecular complexity index is 415. The Morgan fingerprint density at radius 1 is 1.58 bits per heavy atom. The van der Waals surface area contributed by atoms with Crippen LogP contribution in [0, 0.1) is 11.3 Å². The van der Waals surface area contributed by atoms with Crippen LogP contribution in [0.5, 0.6) is 0 Å². The van der Waals surface area contributed by atoms with Crippen LogP contribution in [0.15, 0.2) is 12.4 Å². The van der Waals surface area contributed by atoms with Crippen molar-refractivity contribution in [2.45, 2.75) is 33.6 Å². The standard InChI is InChI=1S/C14H25N3O2/c1-5-19-13(18)14(10-15,11(2)3)7-6-12-8-16-17(4)9-12/h8-9,11H,5-7,10,15H2,1-4H3. The number of aromatic nitrogens is 2. The number of ether oxygens (including phenoxy) is 1. The van der Waals surface area contributed by atoms with E-state index in [1.165, 1.54) is 0 Å². The average Bonchev–Trinajstić information content (AvgIpc) is 2.76. The lowest BCUT2D eigenvalue weighted by Gasteiger charge is -2.33. The number of aryl methyl sites for hydroxylation is 2. The Labute approximate surface area is 115 Å². The first kappa shape index (κ1) is 15.7. The average molecular weight is 267 g/mol. The second kappa shape index (κ2) is 6.70. The molecule has 5 heteroatoms. The lowest BCUT2D eigenvalue weighted by atomic mass is 9.73. The van der Waals surface area contributed by atoms with E-state index in [-0.39, 0.29) is 11.9 Å². The summed E-state index contributed by atoms with van der Waals surface area (Å²) in [6.45, 7) is 6.56. The van der Waals surface area contributed by atoms with Gasteiger partial charge >= 0.3 is 5.97 Å². The maximum Gasteiger partial charge on any atom is 0.313 e. The van der Waals surface area contributed by atoms with Crippen molar-refractivity contribution in [2.24, 2.45) is 24.1 Å². The third-order valence-corrected chi connectivity index (χ3v) is 3.77. The SMILES string of the molecule is CCOC(=O)C(CN)(CCc1cnn(C)c1)C(C)C. The van der Waals surface area contributed by atoms with E-state index in [9.17, 15) is 4.79 Å². The van der Waals surface area contributed by atoms with Crippen LogP contribution in [0.2, 0.25) is 0 Å². The summed E-state index contributed by atoms with van der Waals surface area (Å²) in [6, 6.07) is 0. The smallest absolute Gasteiger partial charge is 0.313 e. The highest BCUT2D eigenvalue weighted by Crippen LogP contribution is 2.33. The van der Waals surface area contributed by atoms with Crippen molar-refractivity contribution in [3.8, 4) is 0 Å². The molecule has 0 fully saturated rings. The van der Waals surface area contributed by atoms with E-state index >= 15 is 0 Å². The number of carbonyl (C=O) groups is 1. The minimum absolute atomic E-state index is 0.147. The zero-order chi connectivity index (χ0) is 14.5. The monoisotopic (exact) mass is 267 g/mol. The largest absolute Gasteiger partial charge is 0.466 e. The van der Waals surface area contributed by atoms with Gasteiger partial charge in [-0.05, 0) is 31.2 Å². The molecular formula is C14H25N3O2. The quantitative estimate of drug-likeness (QED) is 0.760. The first-order chi connectivity index (χ1) is 8.96. The molecule has 1 heterocycles. The summed E-state index contributed by atoms with van der Waals surface area (Å²) in [4.78, 5) is 12.2. The van der Waals surface area contributed by atoms with Crippen molar-refractivity contribution in [2.75, 3.05) is 13.2 Å². The van der Waals surface area contributed by atoms with E-state index in [2.05, 4.69) is 5.10 Å². The van der Waals surface area contributed by atoms with Crippen LogP contribution in [0.25, 0.3) is 0 Å². The van der Waals surface area contributed by atoms with Gasteiger partial charge in [0.1, 0.15) is 0 Å². The van der Waals surface area contributed by atoms with Gasteiger partial charge in [-0.1, -0.05) is 13.8 Å². The topological polar surface area (TPSA) is 70.1 Å². The number of hydrogen-bond acceptors (Lipinski definition) is 4. The van der Waals surface area contributed by atoms with Crippen LogP contribution < -0.4 is 5.73 Å². The molecule has 0 amide bonds. The highest BCUT2D eigenvalue weighted by atomic mass is 16.5. The lowest BCUT2D eigenvalue weighted by molar-refractivity contribution is -0.158. The molecule has 0 aliphatic carbocycles. The third kappa shape index (κ3) is 3.56. The van der Waals surface area contributed by atoms with Gasteiger partial charge in [0.15, 0.2) is 0 Å². The van der Waals surface area contributed by atoms with E-state index in [0.717, 1.165) is 12.0 Å². The number of hydrogen-bond donors (Lipinski definition) is 1. The molecule has 1 unspecified atom stereocenters. The van der Waals surface area contributed by atoms with E-state index in [0.29, 0.717) is 19.6 Å². The Kier molecular flexibility index (Phi) is 5.54. The molecule has 108 valence electrons. The van der Waals surface area contributed by atoms with Gasteiger partial charge in [0.2, 0.25) is 0 Å². The molecule has 0 aromatic carbocycles. The normalized spacial score (nSPS) is 14.4. The number of esters is 1. The van der Waals surface area contributed by atoms with Gasteiger partial charge in [-0.25, -0.2) is 0 Å². The number of nitrogens with two attached hydrogens (primary N) is 1. The molecule has 1 atom stereocenters. The molecule has 1 aromatic heterocycles. The van der Waals surface area contributed by atoms with Crippen molar-refractivity contribution in [1.82, 2.24) is 9.78 Å². The molecule has 1 rings (SSSR count). The van der Waals surface area contributed by atoms with Crippen molar-refractivity contribution in [3.05, 3.63) is 18.0 Å². The highest BCUT2D eigenvalue weighted by Gasteiger charge is 2.41. The van der Waals surface area contributed by atoms with E-state index < -0.39 is 5.41 Å². The fraction of sp³-hybridized carbons (Fsp3) is 0.714. The van der Waals surface area contributed by atoms with Gasteiger partial charge in [-0.3, -0.25) is 9.48 Å². The van der Waals surface area contributed by atoms with Gasteiger partial charge in [-0.15, -0.1) is 0 Å². The second-order valence-electron chi connectivity index (χ2n) is 5.26. The van der Waals surface area contributed by atoms with Crippen molar-refractivity contribution < 1.29 is 9.53 Å². The summed E-state index contributed by atoms with van der Waals surface area (Å²) in [5, 5.41) is 4.14. The molecule has 0 aliphatic heterocycles. The van der Waals surface area contributed by atoms with Crippen LogP contribution >= 0.6 is 0 Å². The van der Waals surface area contributed by atoms with E-state index in [1.54, 1.807) is 4.68 Å². The van der Waals surface area contributed by atoms with Crippen LogP contribution in [0.4, 0.5) is 0 Å². The fourth-order valence-electron chi connectivity index (χ4n) is 2.29. The maximum absolute atomic E-state index is 12.2. The van der Waals surface area contributed by atoms with Gasteiger partial charge in [0, 0.05) is 19.8 Å². The van der Waals surface area contributed by atoms with E-state index in [1.807, 2.05) is 40.2 Å².